The second-order valence-electron chi connectivity index (χ2n) is 3.27. The maximum absolute atomic E-state index is 11.3. The molecule has 0 bridgehead atoms. The Morgan fingerprint density at radius 2 is 2.47 bits per heavy atom. The molecule has 0 radical (unpaired) electrons. The van der Waals surface area contributed by atoms with Crippen molar-refractivity contribution in [1.82, 2.24) is 9.97 Å². The number of halogens is 1. The summed E-state index contributed by atoms with van der Waals surface area (Å²) in [6, 6.07) is 1.55. The van der Waals surface area contributed by atoms with Gasteiger partial charge in [-0.05, 0) is 19.4 Å². The van der Waals surface area contributed by atoms with Gasteiger partial charge in [0.25, 0.3) is 0 Å². The number of nitrogens with zero attached hydrogens (tertiary/aromatic N) is 2. The van der Waals surface area contributed by atoms with Crippen molar-refractivity contribution in [3.63, 3.8) is 0 Å². The predicted octanol–water partition coefficient (Wildman–Crippen LogP) is 1.20. The van der Waals surface area contributed by atoms with Crippen molar-refractivity contribution in [3.8, 4) is 0 Å². The van der Waals surface area contributed by atoms with Gasteiger partial charge in [-0.1, -0.05) is 11.6 Å². The van der Waals surface area contributed by atoms with E-state index in [1.165, 1.54) is 6.20 Å². The third kappa shape index (κ3) is 4.71. The molecule has 1 amide bonds. The number of aromatic nitrogens is 2. The molecule has 0 saturated heterocycles. The van der Waals surface area contributed by atoms with E-state index in [1.807, 2.05) is 6.92 Å². The number of anilines is 1. The molecule has 1 aromatic rings. The molecular weight excluding hydrogens is 216 g/mol. The highest BCUT2D eigenvalue weighted by Crippen LogP contribution is 2.06. The van der Waals surface area contributed by atoms with Crippen LogP contribution >= 0.6 is 11.6 Å². The molecule has 0 aliphatic rings. The second kappa shape index (κ2) is 5.63. The van der Waals surface area contributed by atoms with Crippen LogP contribution in [0.4, 0.5) is 5.95 Å². The first-order chi connectivity index (χ1) is 7.08. The van der Waals surface area contributed by atoms with Crippen LogP contribution in [0.2, 0.25) is 5.15 Å². The third-order valence-corrected chi connectivity index (χ3v) is 1.91. The van der Waals surface area contributed by atoms with Crippen LogP contribution in [0.3, 0.4) is 0 Å². The average Bonchev–Trinajstić information content (AvgIpc) is 2.15. The molecule has 1 atom stereocenters. The predicted molar refractivity (Wildman–Crippen MR) is 58.6 cm³/mol. The Bertz CT molecular complexity index is 343. The molecule has 0 fully saturated rings. The number of carbonyl (C=O) groups is 1. The zero-order valence-electron chi connectivity index (χ0n) is 8.40. The van der Waals surface area contributed by atoms with Crippen molar-refractivity contribution in [2.24, 2.45) is 5.73 Å². The van der Waals surface area contributed by atoms with E-state index in [1.54, 1.807) is 6.07 Å². The molecule has 1 unspecified atom stereocenters. The van der Waals surface area contributed by atoms with Crippen molar-refractivity contribution in [1.29, 1.82) is 0 Å². The Morgan fingerprint density at radius 3 is 3.07 bits per heavy atom. The van der Waals surface area contributed by atoms with E-state index in [4.69, 9.17) is 17.3 Å². The fraction of sp³-hybridized carbons (Fsp3) is 0.444. The van der Waals surface area contributed by atoms with Crippen LogP contribution < -0.4 is 11.1 Å². The van der Waals surface area contributed by atoms with Crippen molar-refractivity contribution < 1.29 is 4.79 Å². The van der Waals surface area contributed by atoms with E-state index in [-0.39, 0.29) is 17.9 Å². The van der Waals surface area contributed by atoms with E-state index >= 15 is 0 Å². The average molecular weight is 229 g/mol. The molecule has 1 aromatic heterocycles. The fourth-order valence-electron chi connectivity index (χ4n) is 0.943. The molecule has 15 heavy (non-hydrogen) atoms. The van der Waals surface area contributed by atoms with Gasteiger partial charge in [0.2, 0.25) is 11.9 Å². The fourth-order valence-corrected chi connectivity index (χ4v) is 1.08. The maximum atomic E-state index is 11.3. The Kier molecular flexibility index (Phi) is 4.45. The molecule has 6 heteroatoms. The van der Waals surface area contributed by atoms with Gasteiger partial charge in [-0.25, -0.2) is 9.97 Å². The standard InChI is InChI=1S/C9H13ClN4O/c1-6(11)2-3-8(15)14-9-12-5-4-7(10)13-9/h4-6H,2-3,11H2,1H3,(H,12,13,14,15). The lowest BCUT2D eigenvalue weighted by atomic mass is 10.2. The first kappa shape index (κ1) is 11.9. The zero-order chi connectivity index (χ0) is 11.3. The topological polar surface area (TPSA) is 80.9 Å². The summed E-state index contributed by atoms with van der Waals surface area (Å²) in [7, 11) is 0. The summed E-state index contributed by atoms with van der Waals surface area (Å²) in [5.74, 6) is 0.0618. The van der Waals surface area contributed by atoms with Crippen LogP contribution in [0.1, 0.15) is 19.8 Å². The maximum Gasteiger partial charge on any atom is 0.230 e. The van der Waals surface area contributed by atoms with E-state index in [9.17, 15) is 4.79 Å². The van der Waals surface area contributed by atoms with Crippen molar-refractivity contribution in [2.75, 3.05) is 5.32 Å². The lowest BCUT2D eigenvalue weighted by Crippen LogP contribution is -2.20. The number of hydrogen-bond donors (Lipinski definition) is 2. The summed E-state index contributed by atoms with van der Waals surface area (Å²) in [5, 5.41) is 2.84. The van der Waals surface area contributed by atoms with Gasteiger partial charge in [0, 0.05) is 18.7 Å². The molecule has 0 aromatic carbocycles. The third-order valence-electron chi connectivity index (χ3n) is 1.70. The normalized spacial score (nSPS) is 12.2. The van der Waals surface area contributed by atoms with Gasteiger partial charge in [-0.2, -0.15) is 0 Å². The lowest BCUT2D eigenvalue weighted by molar-refractivity contribution is -0.116. The number of carbonyl (C=O) groups excluding carboxylic acids is 1. The largest absolute Gasteiger partial charge is 0.328 e. The number of rotatable bonds is 4. The molecule has 0 aliphatic heterocycles. The highest BCUT2D eigenvalue weighted by atomic mass is 35.5. The van der Waals surface area contributed by atoms with Gasteiger partial charge in [-0.15, -0.1) is 0 Å². The SMILES string of the molecule is CC(N)CCC(=O)Nc1nccc(Cl)n1. The summed E-state index contributed by atoms with van der Waals surface area (Å²) < 4.78 is 0. The molecule has 82 valence electrons. The van der Waals surface area contributed by atoms with Crippen molar-refractivity contribution >= 4 is 23.5 Å². The van der Waals surface area contributed by atoms with Gasteiger partial charge >= 0.3 is 0 Å². The molecule has 5 nitrogen and oxygen atoms in total. The Balaban J connectivity index is 2.44. The van der Waals surface area contributed by atoms with E-state index in [0.29, 0.717) is 18.0 Å². The minimum absolute atomic E-state index is 0.0102. The Hall–Kier alpha value is -1.20. The highest BCUT2D eigenvalue weighted by Gasteiger charge is 2.05. The minimum atomic E-state index is -0.158. The number of nitrogens with two attached hydrogens (primary N) is 1. The minimum Gasteiger partial charge on any atom is -0.328 e. The van der Waals surface area contributed by atoms with Gasteiger partial charge in [-0.3, -0.25) is 10.1 Å². The van der Waals surface area contributed by atoms with Crippen LogP contribution in [0, 0.1) is 0 Å². The van der Waals surface area contributed by atoms with Gasteiger partial charge < -0.3 is 5.73 Å². The molecule has 3 N–H and O–H groups in total. The molecular formula is C9H13ClN4O. The van der Waals surface area contributed by atoms with Crippen LogP contribution in [0.15, 0.2) is 12.3 Å². The summed E-state index contributed by atoms with van der Waals surface area (Å²) >= 11 is 5.63. The van der Waals surface area contributed by atoms with Crippen LogP contribution in [0.25, 0.3) is 0 Å². The molecule has 0 spiro atoms. The van der Waals surface area contributed by atoms with Gasteiger partial charge in [0.1, 0.15) is 5.15 Å². The number of nitrogens with one attached hydrogen (secondary N) is 1. The van der Waals surface area contributed by atoms with E-state index in [0.717, 1.165) is 0 Å². The first-order valence-electron chi connectivity index (χ1n) is 4.62. The van der Waals surface area contributed by atoms with Crippen molar-refractivity contribution in [2.45, 2.75) is 25.8 Å². The summed E-state index contributed by atoms with van der Waals surface area (Å²) in [6.45, 7) is 1.85. The van der Waals surface area contributed by atoms with E-state index in [2.05, 4.69) is 15.3 Å². The van der Waals surface area contributed by atoms with Gasteiger partial charge in [0.05, 0.1) is 0 Å². The quantitative estimate of drug-likeness (QED) is 0.759. The monoisotopic (exact) mass is 228 g/mol. The molecule has 1 rings (SSSR count). The zero-order valence-corrected chi connectivity index (χ0v) is 9.16. The summed E-state index contributed by atoms with van der Waals surface area (Å²) in [6.07, 6.45) is 2.47. The summed E-state index contributed by atoms with van der Waals surface area (Å²) in [4.78, 5) is 19.0. The highest BCUT2D eigenvalue weighted by molar-refractivity contribution is 6.29. The molecule has 1 heterocycles. The Labute approximate surface area is 93.0 Å². The van der Waals surface area contributed by atoms with Crippen molar-refractivity contribution in [3.05, 3.63) is 17.4 Å². The summed E-state index contributed by atoms with van der Waals surface area (Å²) in [5.41, 5.74) is 5.53. The number of amides is 1. The first-order valence-corrected chi connectivity index (χ1v) is 4.99. The molecule has 0 saturated carbocycles. The molecule has 0 aliphatic carbocycles. The van der Waals surface area contributed by atoms with Crippen LogP contribution in [-0.4, -0.2) is 21.9 Å². The van der Waals surface area contributed by atoms with E-state index < -0.39 is 0 Å². The number of hydrogen-bond acceptors (Lipinski definition) is 4. The second-order valence-corrected chi connectivity index (χ2v) is 3.65. The van der Waals surface area contributed by atoms with Crippen LogP contribution in [-0.2, 0) is 4.79 Å². The lowest BCUT2D eigenvalue weighted by Gasteiger charge is -2.05. The van der Waals surface area contributed by atoms with Crippen LogP contribution in [0.5, 0.6) is 0 Å². The smallest absolute Gasteiger partial charge is 0.230 e. The van der Waals surface area contributed by atoms with Gasteiger partial charge in [0.15, 0.2) is 0 Å². The Morgan fingerprint density at radius 1 is 1.73 bits per heavy atom.